The normalized spacial score (nSPS) is 28.9. The van der Waals surface area contributed by atoms with Crippen LogP contribution in [0, 0.1) is 5.92 Å². The number of hydrogen-bond donors (Lipinski definition) is 3. The minimum Gasteiger partial charge on any atom is -0.396 e. The minimum absolute atomic E-state index is 0.00204. The Balaban J connectivity index is 2.47. The Morgan fingerprint density at radius 2 is 2.23 bits per heavy atom. The zero-order chi connectivity index (χ0) is 9.84. The van der Waals surface area contributed by atoms with Gasteiger partial charge in [0.25, 0.3) is 0 Å². The molecule has 5 heteroatoms. The van der Waals surface area contributed by atoms with Crippen LogP contribution in [0.1, 0.15) is 12.8 Å². The number of aliphatic hydroxyl groups excluding tert-OH is 1. The molecule has 13 heavy (non-hydrogen) atoms. The van der Waals surface area contributed by atoms with E-state index in [1.165, 1.54) is 0 Å². The third-order valence-electron chi connectivity index (χ3n) is 2.42. The van der Waals surface area contributed by atoms with Crippen LogP contribution in [-0.2, 0) is 0 Å². The van der Waals surface area contributed by atoms with Gasteiger partial charge in [-0.25, -0.2) is 4.79 Å². The number of carbonyl (C=O) groups is 1. The number of carbonyl (C=O) groups excluding carboxylic acids is 1. The van der Waals surface area contributed by atoms with Gasteiger partial charge in [0, 0.05) is 25.7 Å². The summed E-state index contributed by atoms with van der Waals surface area (Å²) >= 11 is 0. The Morgan fingerprint density at radius 3 is 2.77 bits per heavy atom. The first-order valence-corrected chi connectivity index (χ1v) is 4.54. The van der Waals surface area contributed by atoms with E-state index < -0.39 is 6.03 Å². The lowest BCUT2D eigenvalue weighted by Crippen LogP contribution is -2.51. The van der Waals surface area contributed by atoms with Crippen molar-refractivity contribution in [3.05, 3.63) is 0 Å². The van der Waals surface area contributed by atoms with Crippen LogP contribution in [-0.4, -0.2) is 41.8 Å². The summed E-state index contributed by atoms with van der Waals surface area (Å²) in [6, 6.07) is -0.420. The molecule has 1 heterocycles. The fourth-order valence-electron chi connectivity index (χ4n) is 1.82. The quantitative estimate of drug-likeness (QED) is 0.523. The van der Waals surface area contributed by atoms with Crippen LogP contribution < -0.4 is 11.5 Å². The fourth-order valence-corrected chi connectivity index (χ4v) is 1.82. The van der Waals surface area contributed by atoms with Crippen molar-refractivity contribution >= 4 is 6.03 Å². The van der Waals surface area contributed by atoms with Crippen LogP contribution in [0.2, 0.25) is 0 Å². The highest BCUT2D eigenvalue weighted by Crippen LogP contribution is 2.18. The average molecular weight is 187 g/mol. The molecule has 0 radical (unpaired) electrons. The Morgan fingerprint density at radius 1 is 1.54 bits per heavy atom. The van der Waals surface area contributed by atoms with Gasteiger partial charge in [0.2, 0.25) is 0 Å². The van der Waals surface area contributed by atoms with E-state index in [-0.39, 0.29) is 12.6 Å². The zero-order valence-corrected chi connectivity index (χ0v) is 7.65. The minimum atomic E-state index is -0.418. The third-order valence-corrected chi connectivity index (χ3v) is 2.42. The molecule has 0 aliphatic carbocycles. The maximum absolute atomic E-state index is 10.9. The second-order valence-electron chi connectivity index (χ2n) is 3.62. The number of likely N-dealkylation sites (tertiary alicyclic amines) is 1. The van der Waals surface area contributed by atoms with E-state index in [1.807, 2.05) is 0 Å². The summed E-state index contributed by atoms with van der Waals surface area (Å²) in [5.74, 6) is 0.293. The van der Waals surface area contributed by atoms with Crippen molar-refractivity contribution in [2.75, 3.05) is 19.7 Å². The number of primary amides is 1. The van der Waals surface area contributed by atoms with E-state index in [0.717, 1.165) is 6.42 Å². The first-order valence-electron chi connectivity index (χ1n) is 4.54. The molecule has 0 bridgehead atoms. The first-order chi connectivity index (χ1) is 6.13. The lowest BCUT2D eigenvalue weighted by atomic mass is 9.92. The Bertz CT molecular complexity index is 186. The maximum atomic E-state index is 10.9. The fraction of sp³-hybridized carbons (Fsp3) is 0.875. The molecule has 76 valence electrons. The second kappa shape index (κ2) is 4.43. The molecular weight excluding hydrogens is 170 g/mol. The summed E-state index contributed by atoms with van der Waals surface area (Å²) in [5.41, 5.74) is 10.9. The molecule has 0 spiro atoms. The number of urea groups is 1. The summed E-state index contributed by atoms with van der Waals surface area (Å²) < 4.78 is 0. The topological polar surface area (TPSA) is 92.6 Å². The van der Waals surface area contributed by atoms with Gasteiger partial charge in [0.15, 0.2) is 0 Å². The number of aliphatic hydroxyl groups is 1. The molecule has 0 aromatic carbocycles. The van der Waals surface area contributed by atoms with Gasteiger partial charge in [-0.2, -0.15) is 0 Å². The van der Waals surface area contributed by atoms with Gasteiger partial charge in [-0.15, -0.1) is 0 Å². The molecule has 2 unspecified atom stereocenters. The van der Waals surface area contributed by atoms with E-state index in [9.17, 15) is 4.79 Å². The van der Waals surface area contributed by atoms with E-state index in [4.69, 9.17) is 16.6 Å². The molecule has 0 aromatic heterocycles. The molecule has 5 nitrogen and oxygen atoms in total. The number of hydrogen-bond acceptors (Lipinski definition) is 3. The van der Waals surface area contributed by atoms with Crippen molar-refractivity contribution in [3.8, 4) is 0 Å². The molecule has 1 aliphatic rings. The Kier molecular flexibility index (Phi) is 3.50. The van der Waals surface area contributed by atoms with Crippen molar-refractivity contribution in [1.29, 1.82) is 0 Å². The molecule has 2 amide bonds. The first kappa shape index (κ1) is 10.3. The van der Waals surface area contributed by atoms with Gasteiger partial charge in [-0.05, 0) is 18.8 Å². The van der Waals surface area contributed by atoms with Crippen LogP contribution in [0.4, 0.5) is 4.79 Å². The molecule has 1 aliphatic heterocycles. The van der Waals surface area contributed by atoms with Crippen LogP contribution in [0.15, 0.2) is 0 Å². The van der Waals surface area contributed by atoms with Crippen LogP contribution in [0.25, 0.3) is 0 Å². The van der Waals surface area contributed by atoms with E-state index in [0.29, 0.717) is 25.4 Å². The molecule has 1 fully saturated rings. The SMILES string of the molecule is NC(=O)N1CC(N)CC(CCO)C1. The maximum Gasteiger partial charge on any atom is 0.314 e. The van der Waals surface area contributed by atoms with Crippen molar-refractivity contribution in [1.82, 2.24) is 4.90 Å². The van der Waals surface area contributed by atoms with Crippen LogP contribution >= 0.6 is 0 Å². The number of amides is 2. The predicted octanol–water partition coefficient (Wildman–Crippen LogP) is -0.903. The zero-order valence-electron chi connectivity index (χ0n) is 7.65. The monoisotopic (exact) mass is 187 g/mol. The highest BCUT2D eigenvalue weighted by Gasteiger charge is 2.26. The van der Waals surface area contributed by atoms with Crippen molar-refractivity contribution in [2.45, 2.75) is 18.9 Å². The van der Waals surface area contributed by atoms with E-state index >= 15 is 0 Å². The smallest absolute Gasteiger partial charge is 0.314 e. The highest BCUT2D eigenvalue weighted by molar-refractivity contribution is 5.72. The molecule has 5 N–H and O–H groups in total. The summed E-state index contributed by atoms with van der Waals surface area (Å²) in [7, 11) is 0. The van der Waals surface area contributed by atoms with Gasteiger partial charge < -0.3 is 21.5 Å². The summed E-state index contributed by atoms with van der Waals surface area (Å²) in [4.78, 5) is 12.4. The largest absolute Gasteiger partial charge is 0.396 e. The van der Waals surface area contributed by atoms with E-state index in [2.05, 4.69) is 0 Å². The van der Waals surface area contributed by atoms with Gasteiger partial charge in [-0.3, -0.25) is 0 Å². The summed E-state index contributed by atoms with van der Waals surface area (Å²) in [6.45, 7) is 1.31. The Labute approximate surface area is 77.7 Å². The van der Waals surface area contributed by atoms with Gasteiger partial charge >= 0.3 is 6.03 Å². The van der Waals surface area contributed by atoms with Gasteiger partial charge in [-0.1, -0.05) is 0 Å². The third kappa shape index (κ3) is 2.86. The van der Waals surface area contributed by atoms with Crippen molar-refractivity contribution < 1.29 is 9.90 Å². The number of piperidine rings is 1. The summed E-state index contributed by atoms with van der Waals surface area (Å²) in [5, 5.41) is 8.75. The lowest BCUT2D eigenvalue weighted by Gasteiger charge is -2.35. The van der Waals surface area contributed by atoms with Gasteiger partial charge in [0.05, 0.1) is 0 Å². The number of nitrogens with zero attached hydrogens (tertiary/aromatic N) is 1. The van der Waals surface area contributed by atoms with Crippen molar-refractivity contribution in [2.24, 2.45) is 17.4 Å². The Hall–Kier alpha value is -0.810. The number of rotatable bonds is 2. The van der Waals surface area contributed by atoms with Crippen molar-refractivity contribution in [3.63, 3.8) is 0 Å². The standard InChI is InChI=1S/C8H17N3O2/c9-7-3-6(1-2-12)4-11(5-7)8(10)13/h6-7,12H,1-5,9H2,(H2,10,13). The highest BCUT2D eigenvalue weighted by atomic mass is 16.3. The van der Waals surface area contributed by atoms with Crippen LogP contribution in [0.5, 0.6) is 0 Å². The molecular formula is C8H17N3O2. The average Bonchev–Trinajstić information content (AvgIpc) is 2.03. The van der Waals surface area contributed by atoms with Crippen LogP contribution in [0.3, 0.4) is 0 Å². The molecule has 0 saturated carbocycles. The second-order valence-corrected chi connectivity index (χ2v) is 3.62. The molecule has 0 aromatic rings. The summed E-state index contributed by atoms with van der Waals surface area (Å²) in [6.07, 6.45) is 1.56. The lowest BCUT2D eigenvalue weighted by molar-refractivity contribution is 0.146. The van der Waals surface area contributed by atoms with E-state index in [1.54, 1.807) is 4.90 Å². The predicted molar refractivity (Wildman–Crippen MR) is 48.9 cm³/mol. The molecule has 1 rings (SSSR count). The van der Waals surface area contributed by atoms with Gasteiger partial charge in [0.1, 0.15) is 0 Å². The molecule has 1 saturated heterocycles. The molecule has 2 atom stereocenters. The number of nitrogens with two attached hydrogens (primary N) is 2.